The van der Waals surface area contributed by atoms with E-state index in [2.05, 4.69) is 4.98 Å². The quantitative estimate of drug-likeness (QED) is 0.685. The summed E-state index contributed by atoms with van der Waals surface area (Å²) in [6.07, 6.45) is 5.87. The molecule has 1 aliphatic rings. The summed E-state index contributed by atoms with van der Waals surface area (Å²) in [5.74, 6) is 0. The monoisotopic (exact) mass is 201 g/mol. The molecule has 0 bridgehead atoms. The third-order valence-corrected chi connectivity index (χ3v) is 3.80. The van der Waals surface area contributed by atoms with Crippen LogP contribution in [0.5, 0.6) is 0 Å². The van der Waals surface area contributed by atoms with Crippen LogP contribution < -0.4 is 0 Å². The van der Waals surface area contributed by atoms with E-state index < -0.39 is 5.60 Å². The highest BCUT2D eigenvalue weighted by molar-refractivity contribution is 7.73. The number of aromatic amines is 1. The standard InChI is InChI=1S/C8H11NOS2/c10-8(3-1-2-4-8)6-5-9-7(11)12-6/h5,10H,1-4H2,(H,9,11). The molecule has 2 nitrogen and oxygen atoms in total. The summed E-state index contributed by atoms with van der Waals surface area (Å²) in [4.78, 5) is 3.95. The van der Waals surface area contributed by atoms with Crippen LogP contribution in [0.25, 0.3) is 0 Å². The van der Waals surface area contributed by atoms with Gasteiger partial charge in [0.2, 0.25) is 0 Å². The zero-order chi connectivity index (χ0) is 8.60. The van der Waals surface area contributed by atoms with Crippen molar-refractivity contribution in [1.82, 2.24) is 4.98 Å². The van der Waals surface area contributed by atoms with Gasteiger partial charge in [-0.1, -0.05) is 12.8 Å². The van der Waals surface area contributed by atoms with Gasteiger partial charge in [-0.3, -0.25) is 0 Å². The minimum Gasteiger partial charge on any atom is -0.384 e. The van der Waals surface area contributed by atoms with Crippen LogP contribution in [0.1, 0.15) is 30.6 Å². The van der Waals surface area contributed by atoms with Gasteiger partial charge in [-0.2, -0.15) is 0 Å². The molecule has 0 unspecified atom stereocenters. The van der Waals surface area contributed by atoms with Gasteiger partial charge in [-0.25, -0.2) is 0 Å². The van der Waals surface area contributed by atoms with Crippen LogP contribution in [0.4, 0.5) is 0 Å². The molecule has 0 spiro atoms. The highest BCUT2D eigenvalue weighted by atomic mass is 32.1. The predicted molar refractivity (Wildman–Crippen MR) is 51.9 cm³/mol. The number of hydrogen-bond donors (Lipinski definition) is 2. The van der Waals surface area contributed by atoms with Crippen molar-refractivity contribution in [1.29, 1.82) is 0 Å². The highest BCUT2D eigenvalue weighted by Gasteiger charge is 2.34. The van der Waals surface area contributed by atoms with Gasteiger partial charge in [0, 0.05) is 6.20 Å². The van der Waals surface area contributed by atoms with Crippen molar-refractivity contribution >= 4 is 23.6 Å². The van der Waals surface area contributed by atoms with E-state index in [0.29, 0.717) is 0 Å². The number of H-pyrrole nitrogens is 1. The third kappa shape index (κ3) is 1.34. The summed E-state index contributed by atoms with van der Waals surface area (Å²) in [6.45, 7) is 0. The van der Waals surface area contributed by atoms with E-state index in [1.54, 1.807) is 0 Å². The lowest BCUT2D eigenvalue weighted by Crippen LogP contribution is -2.18. The van der Waals surface area contributed by atoms with Gasteiger partial charge in [-0.15, -0.1) is 11.3 Å². The summed E-state index contributed by atoms with van der Waals surface area (Å²) >= 11 is 6.46. The molecule has 0 saturated heterocycles. The summed E-state index contributed by atoms with van der Waals surface area (Å²) in [6, 6.07) is 0. The van der Waals surface area contributed by atoms with Gasteiger partial charge in [0.1, 0.15) is 5.60 Å². The molecule has 2 N–H and O–H groups in total. The van der Waals surface area contributed by atoms with Crippen LogP contribution in [0.3, 0.4) is 0 Å². The SMILES string of the molecule is OC1(c2c[nH]c(=S)s2)CCCC1. The van der Waals surface area contributed by atoms with Crippen molar-refractivity contribution in [3.05, 3.63) is 15.0 Å². The summed E-state index contributed by atoms with van der Waals surface area (Å²) < 4.78 is 0.755. The smallest absolute Gasteiger partial charge is 0.158 e. The minimum atomic E-state index is -0.571. The second-order valence-corrected chi connectivity index (χ2v) is 5.00. The Kier molecular flexibility index (Phi) is 2.06. The first-order valence-electron chi connectivity index (χ1n) is 4.12. The highest BCUT2D eigenvalue weighted by Crippen LogP contribution is 2.40. The van der Waals surface area contributed by atoms with Gasteiger partial charge in [0.15, 0.2) is 3.95 Å². The number of thiazole rings is 1. The zero-order valence-electron chi connectivity index (χ0n) is 6.67. The predicted octanol–water partition coefficient (Wildman–Crippen LogP) is 2.57. The molecule has 1 fully saturated rings. The van der Waals surface area contributed by atoms with E-state index in [1.807, 2.05) is 6.20 Å². The number of aromatic nitrogens is 1. The van der Waals surface area contributed by atoms with Crippen molar-refractivity contribution in [2.75, 3.05) is 0 Å². The number of aliphatic hydroxyl groups is 1. The molecule has 1 aromatic heterocycles. The lowest BCUT2D eigenvalue weighted by Gasteiger charge is -2.18. The molecule has 0 aromatic carbocycles. The molecule has 1 saturated carbocycles. The molecule has 0 aliphatic heterocycles. The zero-order valence-corrected chi connectivity index (χ0v) is 8.30. The fourth-order valence-electron chi connectivity index (χ4n) is 1.72. The van der Waals surface area contributed by atoms with Crippen LogP contribution >= 0.6 is 23.6 Å². The first kappa shape index (κ1) is 8.41. The first-order valence-corrected chi connectivity index (χ1v) is 5.35. The molecular formula is C8H11NOS2. The van der Waals surface area contributed by atoms with Gasteiger partial charge in [-0.05, 0) is 25.1 Å². The largest absolute Gasteiger partial charge is 0.384 e. The minimum absolute atomic E-state index is 0.571. The van der Waals surface area contributed by atoms with Crippen molar-refractivity contribution in [3.63, 3.8) is 0 Å². The second-order valence-electron chi connectivity index (χ2n) is 3.28. The van der Waals surface area contributed by atoms with Gasteiger partial charge >= 0.3 is 0 Å². The van der Waals surface area contributed by atoms with Gasteiger partial charge < -0.3 is 10.1 Å². The number of nitrogens with one attached hydrogen (secondary N) is 1. The summed E-state index contributed by atoms with van der Waals surface area (Å²) in [7, 11) is 0. The molecule has 12 heavy (non-hydrogen) atoms. The molecule has 66 valence electrons. The molecule has 2 rings (SSSR count). The van der Waals surface area contributed by atoms with E-state index in [-0.39, 0.29) is 0 Å². The average molecular weight is 201 g/mol. The van der Waals surface area contributed by atoms with E-state index in [0.717, 1.165) is 34.5 Å². The number of rotatable bonds is 1. The van der Waals surface area contributed by atoms with Crippen molar-refractivity contribution in [2.45, 2.75) is 31.3 Å². The van der Waals surface area contributed by atoms with E-state index in [4.69, 9.17) is 12.2 Å². The Morgan fingerprint density at radius 3 is 2.67 bits per heavy atom. The average Bonchev–Trinajstić information content (AvgIpc) is 2.59. The molecule has 1 aliphatic carbocycles. The second kappa shape index (κ2) is 2.94. The Morgan fingerprint density at radius 1 is 1.50 bits per heavy atom. The Bertz CT molecular complexity index is 322. The maximum absolute atomic E-state index is 10.1. The molecular weight excluding hydrogens is 190 g/mol. The van der Waals surface area contributed by atoms with E-state index in [1.165, 1.54) is 11.3 Å². The van der Waals surface area contributed by atoms with E-state index >= 15 is 0 Å². The lowest BCUT2D eigenvalue weighted by molar-refractivity contribution is 0.0481. The van der Waals surface area contributed by atoms with Crippen LogP contribution in [-0.2, 0) is 5.60 Å². The van der Waals surface area contributed by atoms with Crippen LogP contribution in [0.15, 0.2) is 6.20 Å². The van der Waals surface area contributed by atoms with Crippen molar-refractivity contribution in [3.8, 4) is 0 Å². The van der Waals surface area contributed by atoms with Gasteiger partial charge in [0.05, 0.1) is 4.88 Å². The Balaban J connectivity index is 2.34. The number of hydrogen-bond acceptors (Lipinski definition) is 3. The Labute approximate surface area is 80.3 Å². The molecule has 0 amide bonds. The van der Waals surface area contributed by atoms with Crippen molar-refractivity contribution in [2.24, 2.45) is 0 Å². The maximum atomic E-state index is 10.1. The molecule has 0 atom stereocenters. The Morgan fingerprint density at radius 2 is 2.17 bits per heavy atom. The summed E-state index contributed by atoms with van der Waals surface area (Å²) in [5, 5.41) is 10.1. The molecule has 1 heterocycles. The Hall–Kier alpha value is -0.190. The fraction of sp³-hybridized carbons (Fsp3) is 0.625. The third-order valence-electron chi connectivity index (χ3n) is 2.41. The van der Waals surface area contributed by atoms with Crippen LogP contribution in [0.2, 0.25) is 0 Å². The van der Waals surface area contributed by atoms with E-state index in [9.17, 15) is 5.11 Å². The topological polar surface area (TPSA) is 36.0 Å². The lowest BCUT2D eigenvalue weighted by atomic mass is 10.0. The van der Waals surface area contributed by atoms with Gasteiger partial charge in [0.25, 0.3) is 0 Å². The summed E-state index contributed by atoms with van der Waals surface area (Å²) in [5.41, 5.74) is -0.571. The molecule has 4 heteroatoms. The van der Waals surface area contributed by atoms with Crippen LogP contribution in [-0.4, -0.2) is 10.1 Å². The van der Waals surface area contributed by atoms with Crippen LogP contribution in [0, 0.1) is 3.95 Å². The molecule has 0 radical (unpaired) electrons. The first-order chi connectivity index (χ1) is 5.71. The fourth-order valence-corrected chi connectivity index (χ4v) is 2.88. The normalized spacial score (nSPS) is 21.4. The molecule has 1 aromatic rings. The van der Waals surface area contributed by atoms with Crippen molar-refractivity contribution < 1.29 is 5.11 Å². The maximum Gasteiger partial charge on any atom is 0.158 e.